The third kappa shape index (κ3) is 3.63. The summed E-state index contributed by atoms with van der Waals surface area (Å²) in [4.78, 5) is 22.7. The van der Waals surface area contributed by atoms with Crippen LogP contribution in [0.5, 0.6) is 0 Å². The molecule has 3 heterocycles. The summed E-state index contributed by atoms with van der Waals surface area (Å²) >= 11 is 7.31. The molecule has 0 spiro atoms. The van der Waals surface area contributed by atoms with Gasteiger partial charge in [0.1, 0.15) is 5.82 Å². The van der Waals surface area contributed by atoms with E-state index < -0.39 is 10.8 Å². The normalized spacial score (nSPS) is 13.6. The van der Waals surface area contributed by atoms with Crippen LogP contribution in [-0.2, 0) is 13.0 Å². The standard InChI is InChI=1S/C18H16ClN5O3S/c19-14-6-5-12(20-18(25)11-8-16(24(26)27)28-10-11)9-13(14)17-22-21-15-4-2-1-3-7-23(15)17/h5-6,8-10H,1-4,7H2,(H,20,25). The number of fused-ring (bicyclic) bond motifs is 1. The van der Waals surface area contributed by atoms with Crippen LogP contribution in [0.25, 0.3) is 11.4 Å². The van der Waals surface area contributed by atoms with Gasteiger partial charge in [0, 0.05) is 35.7 Å². The first-order valence-electron chi connectivity index (χ1n) is 8.79. The highest BCUT2D eigenvalue weighted by Gasteiger charge is 2.19. The van der Waals surface area contributed by atoms with Crippen LogP contribution in [0.15, 0.2) is 29.6 Å². The Bertz CT molecular complexity index is 1060. The highest BCUT2D eigenvalue weighted by Crippen LogP contribution is 2.32. The van der Waals surface area contributed by atoms with Gasteiger partial charge in [-0.05, 0) is 31.0 Å². The van der Waals surface area contributed by atoms with Crippen LogP contribution in [0.2, 0.25) is 5.02 Å². The number of hydrogen-bond donors (Lipinski definition) is 1. The summed E-state index contributed by atoms with van der Waals surface area (Å²) in [7, 11) is 0. The highest BCUT2D eigenvalue weighted by molar-refractivity contribution is 7.13. The summed E-state index contributed by atoms with van der Waals surface area (Å²) in [5, 5.41) is 24.1. The second-order valence-electron chi connectivity index (χ2n) is 6.48. The Balaban J connectivity index is 1.62. The van der Waals surface area contributed by atoms with E-state index >= 15 is 0 Å². The molecular formula is C18H16ClN5O3S. The van der Waals surface area contributed by atoms with Crippen LogP contribution in [0.1, 0.15) is 35.4 Å². The fraction of sp³-hybridized carbons (Fsp3) is 0.278. The number of amides is 1. The zero-order valence-corrected chi connectivity index (χ0v) is 16.3. The minimum atomic E-state index is -0.515. The lowest BCUT2D eigenvalue weighted by Crippen LogP contribution is -2.11. The Hall–Kier alpha value is -2.78. The Labute approximate surface area is 169 Å². The van der Waals surface area contributed by atoms with E-state index in [4.69, 9.17) is 11.6 Å². The maximum absolute atomic E-state index is 12.4. The number of carbonyl (C=O) groups excluding carboxylic acids is 1. The molecule has 0 fully saturated rings. The summed E-state index contributed by atoms with van der Waals surface area (Å²) in [6.07, 6.45) is 4.19. The molecule has 2 aromatic heterocycles. The minimum Gasteiger partial charge on any atom is -0.322 e. The summed E-state index contributed by atoms with van der Waals surface area (Å²) in [5.41, 5.74) is 1.46. The van der Waals surface area contributed by atoms with E-state index in [0.717, 1.165) is 49.4 Å². The van der Waals surface area contributed by atoms with Gasteiger partial charge < -0.3 is 9.88 Å². The Morgan fingerprint density at radius 2 is 2.11 bits per heavy atom. The molecule has 0 radical (unpaired) electrons. The number of thiophene rings is 1. The van der Waals surface area contributed by atoms with Crippen molar-refractivity contribution in [2.75, 3.05) is 5.32 Å². The second kappa shape index (κ2) is 7.69. The maximum Gasteiger partial charge on any atom is 0.324 e. The molecule has 28 heavy (non-hydrogen) atoms. The van der Waals surface area contributed by atoms with Crippen molar-refractivity contribution in [3.63, 3.8) is 0 Å². The molecular weight excluding hydrogens is 402 g/mol. The lowest BCUT2D eigenvalue weighted by Gasteiger charge is -2.11. The number of nitrogens with one attached hydrogen (secondary N) is 1. The molecule has 1 aliphatic rings. The van der Waals surface area contributed by atoms with E-state index in [1.807, 2.05) is 0 Å². The third-order valence-electron chi connectivity index (χ3n) is 4.60. The molecule has 0 bridgehead atoms. The van der Waals surface area contributed by atoms with Crippen LogP contribution in [0.3, 0.4) is 0 Å². The van der Waals surface area contributed by atoms with Crippen LogP contribution in [0, 0.1) is 10.1 Å². The molecule has 4 rings (SSSR count). The zero-order valence-electron chi connectivity index (χ0n) is 14.7. The quantitative estimate of drug-likeness (QED) is 0.495. The molecule has 144 valence electrons. The topological polar surface area (TPSA) is 103 Å². The van der Waals surface area contributed by atoms with Crippen molar-refractivity contribution in [3.05, 3.63) is 56.2 Å². The first-order valence-corrected chi connectivity index (χ1v) is 10.0. The van der Waals surface area contributed by atoms with Gasteiger partial charge in [0.2, 0.25) is 0 Å². The van der Waals surface area contributed by atoms with Gasteiger partial charge in [0.15, 0.2) is 5.82 Å². The van der Waals surface area contributed by atoms with Crippen molar-refractivity contribution in [3.8, 4) is 11.4 Å². The van der Waals surface area contributed by atoms with E-state index in [0.29, 0.717) is 22.1 Å². The first kappa shape index (κ1) is 18.6. The van der Waals surface area contributed by atoms with Gasteiger partial charge in [-0.1, -0.05) is 29.4 Å². The lowest BCUT2D eigenvalue weighted by molar-refractivity contribution is -0.380. The summed E-state index contributed by atoms with van der Waals surface area (Å²) < 4.78 is 2.09. The van der Waals surface area contributed by atoms with E-state index in [1.54, 1.807) is 18.2 Å². The molecule has 0 saturated heterocycles. The van der Waals surface area contributed by atoms with Crippen molar-refractivity contribution < 1.29 is 9.72 Å². The van der Waals surface area contributed by atoms with Gasteiger partial charge in [-0.25, -0.2) is 0 Å². The Morgan fingerprint density at radius 1 is 1.25 bits per heavy atom. The largest absolute Gasteiger partial charge is 0.324 e. The monoisotopic (exact) mass is 417 g/mol. The molecule has 3 aromatic rings. The van der Waals surface area contributed by atoms with E-state index in [-0.39, 0.29) is 10.6 Å². The van der Waals surface area contributed by atoms with Crippen LogP contribution >= 0.6 is 22.9 Å². The number of anilines is 1. The fourth-order valence-corrected chi connectivity index (χ4v) is 4.11. The number of nitrogens with zero attached hydrogens (tertiary/aromatic N) is 4. The van der Waals surface area contributed by atoms with Crippen molar-refractivity contribution >= 4 is 39.5 Å². The summed E-state index contributed by atoms with van der Waals surface area (Å²) in [6, 6.07) is 6.39. The number of carbonyl (C=O) groups is 1. The first-order chi connectivity index (χ1) is 13.5. The molecule has 0 saturated carbocycles. The van der Waals surface area contributed by atoms with Crippen LogP contribution in [-0.4, -0.2) is 25.6 Å². The van der Waals surface area contributed by atoms with Crippen LogP contribution < -0.4 is 5.32 Å². The van der Waals surface area contributed by atoms with Gasteiger partial charge in [-0.2, -0.15) is 0 Å². The van der Waals surface area contributed by atoms with Gasteiger partial charge in [0.25, 0.3) is 5.91 Å². The van der Waals surface area contributed by atoms with Gasteiger partial charge in [-0.3, -0.25) is 14.9 Å². The smallest absolute Gasteiger partial charge is 0.322 e. The number of aryl methyl sites for hydroxylation is 1. The summed E-state index contributed by atoms with van der Waals surface area (Å²) in [6.45, 7) is 0.836. The van der Waals surface area contributed by atoms with Crippen molar-refractivity contribution in [1.82, 2.24) is 14.8 Å². The van der Waals surface area contributed by atoms with Gasteiger partial charge >= 0.3 is 5.00 Å². The minimum absolute atomic E-state index is 0.0758. The molecule has 0 unspecified atom stereocenters. The van der Waals surface area contributed by atoms with Gasteiger partial charge in [0.05, 0.1) is 15.5 Å². The van der Waals surface area contributed by atoms with Gasteiger partial charge in [-0.15, -0.1) is 10.2 Å². The number of rotatable bonds is 4. The van der Waals surface area contributed by atoms with Crippen molar-refractivity contribution in [2.45, 2.75) is 32.2 Å². The third-order valence-corrected chi connectivity index (χ3v) is 5.81. The molecule has 1 aliphatic heterocycles. The molecule has 0 aliphatic carbocycles. The number of benzene rings is 1. The SMILES string of the molecule is O=C(Nc1ccc(Cl)c(-c2nnc3n2CCCCC3)c1)c1csc([N+](=O)[O-])c1. The second-order valence-corrected chi connectivity index (χ2v) is 7.78. The Morgan fingerprint density at radius 3 is 2.89 bits per heavy atom. The average molecular weight is 418 g/mol. The average Bonchev–Trinajstić information content (AvgIpc) is 3.26. The number of aromatic nitrogens is 3. The predicted octanol–water partition coefficient (Wildman–Crippen LogP) is 4.55. The molecule has 1 N–H and O–H groups in total. The molecule has 10 heteroatoms. The summed E-state index contributed by atoms with van der Waals surface area (Å²) in [5.74, 6) is 1.21. The molecule has 0 atom stereocenters. The number of nitro groups is 1. The van der Waals surface area contributed by atoms with Crippen LogP contribution in [0.4, 0.5) is 10.7 Å². The highest BCUT2D eigenvalue weighted by atomic mass is 35.5. The Kier molecular flexibility index (Phi) is 5.10. The predicted molar refractivity (Wildman–Crippen MR) is 107 cm³/mol. The maximum atomic E-state index is 12.4. The number of halogens is 1. The van der Waals surface area contributed by atoms with Crippen molar-refractivity contribution in [1.29, 1.82) is 0 Å². The molecule has 1 amide bonds. The molecule has 1 aromatic carbocycles. The van der Waals surface area contributed by atoms with E-state index in [1.165, 1.54) is 11.4 Å². The lowest BCUT2D eigenvalue weighted by atomic mass is 10.1. The molecule has 8 nitrogen and oxygen atoms in total. The zero-order chi connectivity index (χ0) is 19.7. The van der Waals surface area contributed by atoms with E-state index in [2.05, 4.69) is 20.1 Å². The van der Waals surface area contributed by atoms with E-state index in [9.17, 15) is 14.9 Å². The number of hydrogen-bond acceptors (Lipinski definition) is 6. The van der Waals surface area contributed by atoms with Crippen molar-refractivity contribution in [2.24, 2.45) is 0 Å². The fourth-order valence-electron chi connectivity index (χ4n) is 3.20.